The van der Waals surface area contributed by atoms with E-state index < -0.39 is 5.97 Å². The molecule has 0 bridgehead atoms. The first-order valence-electron chi connectivity index (χ1n) is 2.76. The Bertz CT molecular complexity index is 149. The van der Waals surface area contributed by atoms with Crippen molar-refractivity contribution >= 4 is 5.97 Å². The van der Waals surface area contributed by atoms with Crippen LogP contribution in [0.1, 0.15) is 6.42 Å². The smallest absolute Gasteiger partial charge is 0.293 e. The standard InChI is InChI=1S/C7H10O3/c1-4-5-6(2)7(8)10-9-3/h4H,1-2,5H2,3H3. The Morgan fingerprint density at radius 1 is 1.70 bits per heavy atom. The molecule has 0 amide bonds. The van der Waals surface area contributed by atoms with Gasteiger partial charge >= 0.3 is 5.97 Å². The summed E-state index contributed by atoms with van der Waals surface area (Å²) in [6, 6.07) is 0. The molecule has 0 aliphatic rings. The van der Waals surface area contributed by atoms with Gasteiger partial charge in [0.15, 0.2) is 0 Å². The predicted molar refractivity (Wildman–Crippen MR) is 37.1 cm³/mol. The summed E-state index contributed by atoms with van der Waals surface area (Å²) in [4.78, 5) is 18.9. The van der Waals surface area contributed by atoms with Gasteiger partial charge in [0, 0.05) is 5.57 Å². The summed E-state index contributed by atoms with van der Waals surface area (Å²) in [6.45, 7) is 6.87. The summed E-state index contributed by atoms with van der Waals surface area (Å²) in [6.07, 6.45) is 1.99. The van der Waals surface area contributed by atoms with Crippen molar-refractivity contribution in [3.63, 3.8) is 0 Å². The molecule has 10 heavy (non-hydrogen) atoms. The number of hydrogen-bond donors (Lipinski definition) is 0. The minimum Gasteiger partial charge on any atom is -0.293 e. The van der Waals surface area contributed by atoms with Gasteiger partial charge in [-0.3, -0.25) is 4.89 Å². The van der Waals surface area contributed by atoms with Crippen LogP contribution in [0.3, 0.4) is 0 Å². The van der Waals surface area contributed by atoms with Gasteiger partial charge in [0.1, 0.15) is 0 Å². The fraction of sp³-hybridized carbons (Fsp3) is 0.286. The maximum atomic E-state index is 10.6. The van der Waals surface area contributed by atoms with Gasteiger partial charge in [-0.1, -0.05) is 12.7 Å². The van der Waals surface area contributed by atoms with Crippen LogP contribution in [-0.4, -0.2) is 13.1 Å². The van der Waals surface area contributed by atoms with Crippen LogP contribution >= 0.6 is 0 Å². The highest BCUT2D eigenvalue weighted by molar-refractivity contribution is 5.87. The molecule has 0 heterocycles. The lowest BCUT2D eigenvalue weighted by molar-refractivity contribution is -0.250. The van der Waals surface area contributed by atoms with Gasteiger partial charge in [0.05, 0.1) is 7.11 Å². The summed E-state index contributed by atoms with van der Waals surface area (Å²) in [5.41, 5.74) is 0.330. The molecule has 0 atom stereocenters. The van der Waals surface area contributed by atoms with Crippen LogP contribution in [-0.2, 0) is 14.6 Å². The molecule has 0 saturated heterocycles. The van der Waals surface area contributed by atoms with Crippen LogP contribution in [0.5, 0.6) is 0 Å². The first kappa shape index (κ1) is 8.91. The number of carbonyl (C=O) groups is 1. The van der Waals surface area contributed by atoms with Crippen molar-refractivity contribution in [3.05, 3.63) is 24.8 Å². The largest absolute Gasteiger partial charge is 0.368 e. The lowest BCUT2D eigenvalue weighted by atomic mass is 10.2. The van der Waals surface area contributed by atoms with Crippen molar-refractivity contribution in [2.45, 2.75) is 6.42 Å². The monoisotopic (exact) mass is 142 g/mol. The second kappa shape index (κ2) is 4.76. The van der Waals surface area contributed by atoms with Crippen LogP contribution < -0.4 is 0 Å². The van der Waals surface area contributed by atoms with E-state index in [1.807, 2.05) is 0 Å². The first-order chi connectivity index (χ1) is 4.72. The first-order valence-corrected chi connectivity index (χ1v) is 2.76. The Hall–Kier alpha value is -1.09. The number of hydrogen-bond acceptors (Lipinski definition) is 3. The third kappa shape index (κ3) is 3.04. The van der Waals surface area contributed by atoms with Crippen molar-refractivity contribution in [3.8, 4) is 0 Å². The van der Waals surface area contributed by atoms with Crippen molar-refractivity contribution in [2.75, 3.05) is 7.11 Å². The summed E-state index contributed by atoms with van der Waals surface area (Å²) in [5.74, 6) is -0.553. The van der Waals surface area contributed by atoms with E-state index in [0.29, 0.717) is 12.0 Å². The molecule has 0 radical (unpaired) electrons. The van der Waals surface area contributed by atoms with E-state index in [1.165, 1.54) is 7.11 Å². The minimum atomic E-state index is -0.553. The quantitative estimate of drug-likeness (QED) is 0.256. The molecule has 0 aromatic carbocycles. The number of carbonyl (C=O) groups excluding carboxylic acids is 1. The molecule has 0 spiro atoms. The van der Waals surface area contributed by atoms with Crippen LogP contribution in [0.4, 0.5) is 0 Å². The Kier molecular flexibility index (Phi) is 4.24. The lowest BCUT2D eigenvalue weighted by Crippen LogP contribution is -2.05. The van der Waals surface area contributed by atoms with Crippen LogP contribution in [0.25, 0.3) is 0 Å². The molecule has 0 aromatic heterocycles. The van der Waals surface area contributed by atoms with Crippen molar-refractivity contribution < 1.29 is 14.6 Å². The van der Waals surface area contributed by atoms with Gasteiger partial charge in [0.25, 0.3) is 0 Å². The molecular formula is C7H10O3. The summed E-state index contributed by atoms with van der Waals surface area (Å²) < 4.78 is 0. The normalized spacial score (nSPS) is 8.50. The van der Waals surface area contributed by atoms with E-state index in [9.17, 15) is 4.79 Å². The predicted octanol–water partition coefficient (Wildman–Crippen LogP) is 1.22. The Morgan fingerprint density at radius 3 is 2.70 bits per heavy atom. The molecule has 0 unspecified atom stereocenters. The fourth-order valence-corrected chi connectivity index (χ4v) is 0.392. The summed E-state index contributed by atoms with van der Waals surface area (Å²) in [5, 5.41) is 0. The zero-order chi connectivity index (χ0) is 7.98. The van der Waals surface area contributed by atoms with E-state index in [-0.39, 0.29) is 0 Å². The van der Waals surface area contributed by atoms with Gasteiger partial charge in [-0.2, -0.15) is 4.89 Å². The Balaban J connectivity index is 3.70. The van der Waals surface area contributed by atoms with E-state index in [0.717, 1.165) is 0 Å². The molecule has 0 aliphatic heterocycles. The average Bonchev–Trinajstić information content (AvgIpc) is 1.89. The number of allylic oxidation sites excluding steroid dienone is 1. The molecule has 0 rings (SSSR count). The summed E-state index contributed by atoms with van der Waals surface area (Å²) >= 11 is 0. The number of rotatable bonds is 4. The Morgan fingerprint density at radius 2 is 2.30 bits per heavy atom. The van der Waals surface area contributed by atoms with Gasteiger partial charge in [-0.05, 0) is 6.42 Å². The van der Waals surface area contributed by atoms with E-state index >= 15 is 0 Å². The third-order valence-electron chi connectivity index (χ3n) is 0.838. The minimum absolute atomic E-state index is 0.330. The highest BCUT2D eigenvalue weighted by atomic mass is 17.2. The molecule has 0 fully saturated rings. The molecule has 3 nitrogen and oxygen atoms in total. The van der Waals surface area contributed by atoms with Gasteiger partial charge in [-0.15, -0.1) is 6.58 Å². The third-order valence-corrected chi connectivity index (χ3v) is 0.838. The second-order valence-electron chi connectivity index (χ2n) is 1.63. The van der Waals surface area contributed by atoms with Gasteiger partial charge < -0.3 is 0 Å². The summed E-state index contributed by atoms with van der Waals surface area (Å²) in [7, 11) is 1.26. The molecule has 3 heteroatoms. The van der Waals surface area contributed by atoms with E-state index in [2.05, 4.69) is 22.9 Å². The highest BCUT2D eigenvalue weighted by Crippen LogP contribution is 2.00. The van der Waals surface area contributed by atoms with Gasteiger partial charge in [0.2, 0.25) is 0 Å². The van der Waals surface area contributed by atoms with Crippen LogP contribution in [0, 0.1) is 0 Å². The van der Waals surface area contributed by atoms with Crippen molar-refractivity contribution in [1.82, 2.24) is 0 Å². The molecule has 0 aromatic rings. The molecule has 56 valence electrons. The van der Waals surface area contributed by atoms with E-state index in [4.69, 9.17) is 0 Å². The SMILES string of the molecule is C=CCC(=C)C(=O)OOC. The second-order valence-corrected chi connectivity index (χ2v) is 1.63. The zero-order valence-corrected chi connectivity index (χ0v) is 5.92. The maximum Gasteiger partial charge on any atom is 0.368 e. The molecule has 0 saturated carbocycles. The molecule has 0 N–H and O–H groups in total. The van der Waals surface area contributed by atoms with Gasteiger partial charge in [-0.25, -0.2) is 4.79 Å². The highest BCUT2D eigenvalue weighted by Gasteiger charge is 2.05. The van der Waals surface area contributed by atoms with Crippen molar-refractivity contribution in [2.24, 2.45) is 0 Å². The Labute approximate surface area is 59.9 Å². The van der Waals surface area contributed by atoms with E-state index in [1.54, 1.807) is 6.08 Å². The molecular weight excluding hydrogens is 132 g/mol. The van der Waals surface area contributed by atoms with Crippen molar-refractivity contribution in [1.29, 1.82) is 0 Å². The fourth-order valence-electron chi connectivity index (χ4n) is 0.392. The average molecular weight is 142 g/mol. The zero-order valence-electron chi connectivity index (χ0n) is 5.92. The molecule has 0 aliphatic carbocycles. The van der Waals surface area contributed by atoms with Crippen LogP contribution in [0.2, 0.25) is 0 Å². The topological polar surface area (TPSA) is 35.5 Å². The lowest BCUT2D eigenvalue weighted by Gasteiger charge is -1.98. The maximum absolute atomic E-state index is 10.6. The van der Waals surface area contributed by atoms with Crippen LogP contribution in [0.15, 0.2) is 24.8 Å².